The van der Waals surface area contributed by atoms with Crippen molar-refractivity contribution < 1.29 is 18.3 Å². The quantitative estimate of drug-likeness (QED) is 0.574. The number of anilines is 1. The molecule has 27 heavy (non-hydrogen) atoms. The number of ether oxygens (including phenoxy) is 1. The van der Waals surface area contributed by atoms with Crippen molar-refractivity contribution in [3.63, 3.8) is 0 Å². The summed E-state index contributed by atoms with van der Waals surface area (Å²) < 4.78 is 32.5. The van der Waals surface area contributed by atoms with Gasteiger partial charge in [-0.1, -0.05) is 36.4 Å². The summed E-state index contributed by atoms with van der Waals surface area (Å²) in [5.41, 5.74) is 1.28. The lowest BCUT2D eigenvalue weighted by molar-refractivity contribution is -0.115. The smallest absolute Gasteiger partial charge is 0.242 e. The summed E-state index contributed by atoms with van der Waals surface area (Å²) in [4.78, 5) is 13.1. The number of thioether (sulfide) groups is 1. The standard InChI is InChI=1S/C21H17F2NO2S/c1-26-17-9-5-8-16(13-17)24-21(25)20(14-6-3-2-4-7-14)27-19-11-10-15(22)12-18(19)23/h2-13,20H,1H3,(H,24,25)/t20-/m0/s1. The van der Waals surface area contributed by atoms with Crippen LogP contribution in [-0.4, -0.2) is 13.0 Å². The van der Waals surface area contributed by atoms with E-state index in [-0.39, 0.29) is 10.8 Å². The Bertz CT molecular complexity index is 934. The fraction of sp³-hybridized carbons (Fsp3) is 0.0952. The number of amides is 1. The van der Waals surface area contributed by atoms with Crippen molar-refractivity contribution in [3.05, 3.63) is 90.0 Å². The molecule has 0 saturated carbocycles. The van der Waals surface area contributed by atoms with Gasteiger partial charge in [-0.25, -0.2) is 8.78 Å². The van der Waals surface area contributed by atoms with Crippen LogP contribution in [0.4, 0.5) is 14.5 Å². The highest BCUT2D eigenvalue weighted by Gasteiger charge is 2.23. The number of carbonyl (C=O) groups is 1. The second kappa shape index (κ2) is 8.68. The minimum absolute atomic E-state index is 0.200. The predicted molar refractivity (Wildman–Crippen MR) is 103 cm³/mol. The fourth-order valence-corrected chi connectivity index (χ4v) is 3.54. The molecule has 0 aliphatic heterocycles. The molecule has 3 rings (SSSR count). The molecule has 3 nitrogen and oxygen atoms in total. The van der Waals surface area contributed by atoms with Gasteiger partial charge in [-0.3, -0.25) is 4.79 Å². The van der Waals surface area contributed by atoms with Gasteiger partial charge in [0.05, 0.1) is 7.11 Å². The molecule has 0 aliphatic rings. The van der Waals surface area contributed by atoms with E-state index in [2.05, 4.69) is 5.32 Å². The number of hydrogen-bond donors (Lipinski definition) is 1. The summed E-state index contributed by atoms with van der Waals surface area (Å²) in [6.45, 7) is 0. The molecule has 1 atom stereocenters. The molecule has 3 aromatic rings. The van der Waals surface area contributed by atoms with Gasteiger partial charge in [0.25, 0.3) is 0 Å². The van der Waals surface area contributed by atoms with Crippen molar-refractivity contribution in [1.82, 2.24) is 0 Å². The average Bonchev–Trinajstić information content (AvgIpc) is 2.68. The Morgan fingerprint density at radius 1 is 1.00 bits per heavy atom. The summed E-state index contributed by atoms with van der Waals surface area (Å²) >= 11 is 1.03. The van der Waals surface area contributed by atoms with Gasteiger partial charge in [0.1, 0.15) is 22.6 Å². The minimum Gasteiger partial charge on any atom is -0.497 e. The van der Waals surface area contributed by atoms with E-state index >= 15 is 0 Å². The largest absolute Gasteiger partial charge is 0.497 e. The van der Waals surface area contributed by atoms with Crippen LogP contribution in [-0.2, 0) is 4.79 Å². The fourth-order valence-electron chi connectivity index (χ4n) is 2.51. The normalized spacial score (nSPS) is 11.7. The Balaban J connectivity index is 1.88. The van der Waals surface area contributed by atoms with Gasteiger partial charge >= 0.3 is 0 Å². The van der Waals surface area contributed by atoms with Crippen LogP contribution in [0, 0.1) is 11.6 Å². The Kier molecular flexibility index (Phi) is 6.08. The molecule has 1 N–H and O–H groups in total. The highest BCUT2D eigenvalue weighted by molar-refractivity contribution is 8.00. The van der Waals surface area contributed by atoms with Crippen molar-refractivity contribution in [2.75, 3.05) is 12.4 Å². The number of methoxy groups -OCH3 is 1. The first-order valence-corrected chi connectivity index (χ1v) is 9.06. The lowest BCUT2D eigenvalue weighted by atomic mass is 10.1. The number of halogens is 2. The Morgan fingerprint density at radius 2 is 1.78 bits per heavy atom. The summed E-state index contributed by atoms with van der Waals surface area (Å²) in [6.07, 6.45) is 0. The van der Waals surface area contributed by atoms with Crippen molar-refractivity contribution >= 4 is 23.4 Å². The SMILES string of the molecule is COc1cccc(NC(=O)[C@@H](Sc2ccc(F)cc2F)c2ccccc2)c1. The molecular formula is C21H17F2NO2S. The molecule has 0 bridgehead atoms. The maximum Gasteiger partial charge on any atom is 0.242 e. The van der Waals surface area contributed by atoms with Crippen LogP contribution in [0.15, 0.2) is 77.7 Å². The van der Waals surface area contributed by atoms with E-state index in [1.807, 2.05) is 18.2 Å². The first kappa shape index (κ1) is 18.9. The van der Waals surface area contributed by atoms with Crippen LogP contribution < -0.4 is 10.1 Å². The molecular weight excluding hydrogens is 368 g/mol. The first-order chi connectivity index (χ1) is 13.1. The van der Waals surface area contributed by atoms with Crippen molar-refractivity contribution in [3.8, 4) is 5.75 Å². The Hall–Kier alpha value is -2.86. The Labute approximate surface area is 160 Å². The molecule has 138 valence electrons. The zero-order valence-electron chi connectivity index (χ0n) is 14.5. The molecule has 0 spiro atoms. The third-order valence-corrected chi connectivity index (χ3v) is 5.12. The van der Waals surface area contributed by atoms with Crippen molar-refractivity contribution in [2.24, 2.45) is 0 Å². The monoisotopic (exact) mass is 385 g/mol. The van der Waals surface area contributed by atoms with E-state index in [9.17, 15) is 13.6 Å². The van der Waals surface area contributed by atoms with E-state index in [0.29, 0.717) is 17.0 Å². The van der Waals surface area contributed by atoms with Gasteiger partial charge < -0.3 is 10.1 Å². The van der Waals surface area contributed by atoms with E-state index in [0.717, 1.165) is 17.8 Å². The van der Waals surface area contributed by atoms with Gasteiger partial charge in [-0.2, -0.15) is 0 Å². The summed E-state index contributed by atoms with van der Waals surface area (Å²) in [5.74, 6) is -1.06. The number of nitrogens with one attached hydrogen (secondary N) is 1. The molecule has 1 amide bonds. The van der Waals surface area contributed by atoms with E-state index in [4.69, 9.17) is 4.74 Å². The second-order valence-electron chi connectivity index (χ2n) is 5.70. The molecule has 0 aromatic heterocycles. The van der Waals surface area contributed by atoms with Crippen LogP contribution in [0.25, 0.3) is 0 Å². The van der Waals surface area contributed by atoms with Crippen LogP contribution in [0.2, 0.25) is 0 Å². The van der Waals surface area contributed by atoms with Crippen molar-refractivity contribution in [1.29, 1.82) is 0 Å². The van der Waals surface area contributed by atoms with Gasteiger partial charge in [-0.15, -0.1) is 11.8 Å². The number of carbonyl (C=O) groups excluding carboxylic acids is 1. The highest BCUT2D eigenvalue weighted by atomic mass is 32.2. The predicted octanol–water partition coefficient (Wildman–Crippen LogP) is 5.45. The molecule has 0 unspecified atom stereocenters. The maximum atomic E-state index is 14.1. The molecule has 0 saturated heterocycles. The van der Waals surface area contributed by atoms with Gasteiger partial charge in [0, 0.05) is 22.7 Å². The number of benzene rings is 3. The highest BCUT2D eigenvalue weighted by Crippen LogP contribution is 2.37. The van der Waals surface area contributed by atoms with Crippen LogP contribution in [0.5, 0.6) is 5.75 Å². The van der Waals surface area contributed by atoms with Crippen LogP contribution in [0.1, 0.15) is 10.8 Å². The maximum absolute atomic E-state index is 14.1. The first-order valence-electron chi connectivity index (χ1n) is 8.18. The average molecular weight is 385 g/mol. The van der Waals surface area contributed by atoms with E-state index in [1.54, 1.807) is 43.5 Å². The zero-order valence-corrected chi connectivity index (χ0v) is 15.3. The van der Waals surface area contributed by atoms with Crippen LogP contribution >= 0.6 is 11.8 Å². The molecule has 6 heteroatoms. The van der Waals surface area contributed by atoms with Gasteiger partial charge in [0.15, 0.2) is 0 Å². The summed E-state index contributed by atoms with van der Waals surface area (Å²) in [7, 11) is 1.54. The number of rotatable bonds is 6. The third-order valence-electron chi connectivity index (χ3n) is 3.82. The lowest BCUT2D eigenvalue weighted by Crippen LogP contribution is -2.19. The topological polar surface area (TPSA) is 38.3 Å². The second-order valence-corrected chi connectivity index (χ2v) is 6.85. The molecule has 0 fully saturated rings. The lowest BCUT2D eigenvalue weighted by Gasteiger charge is -2.18. The van der Waals surface area contributed by atoms with Gasteiger partial charge in [-0.05, 0) is 29.8 Å². The summed E-state index contributed by atoms with van der Waals surface area (Å²) in [6, 6.07) is 19.3. The van der Waals surface area contributed by atoms with Crippen LogP contribution in [0.3, 0.4) is 0 Å². The molecule has 0 heterocycles. The van der Waals surface area contributed by atoms with Crippen molar-refractivity contribution in [2.45, 2.75) is 10.1 Å². The van der Waals surface area contributed by atoms with E-state index in [1.165, 1.54) is 12.1 Å². The number of hydrogen-bond acceptors (Lipinski definition) is 3. The Morgan fingerprint density at radius 3 is 2.48 bits per heavy atom. The molecule has 3 aromatic carbocycles. The molecule has 0 radical (unpaired) electrons. The summed E-state index contributed by atoms with van der Waals surface area (Å²) in [5, 5.41) is 2.12. The zero-order chi connectivity index (χ0) is 19.2. The molecule has 0 aliphatic carbocycles. The van der Waals surface area contributed by atoms with E-state index < -0.39 is 16.9 Å². The minimum atomic E-state index is -0.711. The van der Waals surface area contributed by atoms with Gasteiger partial charge in [0.2, 0.25) is 5.91 Å². The third kappa shape index (κ3) is 4.86.